The summed E-state index contributed by atoms with van der Waals surface area (Å²) >= 11 is 0. The fourth-order valence-electron chi connectivity index (χ4n) is 3.13. The van der Waals surface area contributed by atoms with Gasteiger partial charge in [-0.1, -0.05) is 13.8 Å². The average Bonchev–Trinajstić information content (AvgIpc) is 2.46. The smallest absolute Gasteiger partial charge is 0.337 e. The number of methoxy groups -OCH3 is 1. The molecule has 1 aromatic carbocycles. The molecule has 1 fully saturated rings. The Hall–Kier alpha value is -1.88. The fraction of sp³-hybridized carbons (Fsp3) is 0.529. The van der Waals surface area contributed by atoms with Crippen LogP contribution < -0.4 is 5.32 Å². The summed E-state index contributed by atoms with van der Waals surface area (Å²) in [6.45, 7) is 6.81. The Morgan fingerprint density at radius 3 is 2.32 bits per heavy atom. The number of piperidine rings is 1. The van der Waals surface area contributed by atoms with E-state index in [2.05, 4.69) is 28.8 Å². The standard InChI is InChI=1S/C17H24N2O3/c1-12-8-13(2)10-19(9-12)11-16(20)18-15-6-4-14(5-7-15)17(21)22-3/h4-7,12-13H,8-11H2,1-3H3,(H,18,20)/t12-,13+. The van der Waals surface area contributed by atoms with Gasteiger partial charge in [0.2, 0.25) is 5.91 Å². The molecule has 5 nitrogen and oxygen atoms in total. The summed E-state index contributed by atoms with van der Waals surface area (Å²) in [5.74, 6) is 0.869. The van der Waals surface area contributed by atoms with Crippen LogP contribution in [0.1, 0.15) is 30.6 Å². The van der Waals surface area contributed by atoms with Crippen LogP contribution in [-0.4, -0.2) is 43.5 Å². The zero-order valence-corrected chi connectivity index (χ0v) is 13.5. The van der Waals surface area contributed by atoms with E-state index in [-0.39, 0.29) is 11.9 Å². The Labute approximate surface area is 131 Å². The predicted octanol–water partition coefficient (Wildman–Crippen LogP) is 2.39. The van der Waals surface area contributed by atoms with Crippen LogP contribution in [0.15, 0.2) is 24.3 Å². The third-order valence-electron chi connectivity index (χ3n) is 3.90. The van der Waals surface area contributed by atoms with Crippen molar-refractivity contribution in [2.75, 3.05) is 32.1 Å². The topological polar surface area (TPSA) is 58.6 Å². The maximum atomic E-state index is 12.1. The highest BCUT2D eigenvalue weighted by molar-refractivity contribution is 5.93. The van der Waals surface area contributed by atoms with Gasteiger partial charge in [0.05, 0.1) is 19.2 Å². The maximum Gasteiger partial charge on any atom is 0.337 e. The summed E-state index contributed by atoms with van der Waals surface area (Å²) in [4.78, 5) is 25.7. The second-order valence-electron chi connectivity index (χ2n) is 6.26. The average molecular weight is 304 g/mol. The Bertz CT molecular complexity index is 517. The molecule has 1 amide bonds. The van der Waals surface area contributed by atoms with Gasteiger partial charge < -0.3 is 10.1 Å². The summed E-state index contributed by atoms with van der Waals surface area (Å²) in [6.07, 6.45) is 1.23. The zero-order valence-electron chi connectivity index (χ0n) is 13.5. The van der Waals surface area contributed by atoms with E-state index in [4.69, 9.17) is 0 Å². The van der Waals surface area contributed by atoms with Crippen LogP contribution in [0.2, 0.25) is 0 Å². The third-order valence-corrected chi connectivity index (χ3v) is 3.90. The molecular weight excluding hydrogens is 280 g/mol. The molecule has 0 bridgehead atoms. The number of ether oxygens (including phenoxy) is 1. The first-order valence-corrected chi connectivity index (χ1v) is 7.68. The minimum Gasteiger partial charge on any atom is -0.465 e. The van der Waals surface area contributed by atoms with E-state index in [1.807, 2.05) is 0 Å². The Morgan fingerprint density at radius 1 is 1.18 bits per heavy atom. The van der Waals surface area contributed by atoms with E-state index in [0.717, 1.165) is 13.1 Å². The van der Waals surface area contributed by atoms with Gasteiger partial charge in [-0.15, -0.1) is 0 Å². The molecule has 1 N–H and O–H groups in total. The van der Waals surface area contributed by atoms with Crippen LogP contribution in [0, 0.1) is 11.8 Å². The first-order valence-electron chi connectivity index (χ1n) is 7.68. The molecule has 0 aromatic heterocycles. The van der Waals surface area contributed by atoms with Crippen molar-refractivity contribution in [1.82, 2.24) is 4.90 Å². The number of amides is 1. The number of rotatable bonds is 4. The molecular formula is C17H24N2O3. The molecule has 1 saturated heterocycles. The van der Waals surface area contributed by atoms with E-state index < -0.39 is 0 Å². The van der Waals surface area contributed by atoms with Gasteiger partial charge in [0.15, 0.2) is 0 Å². The number of anilines is 1. The summed E-state index contributed by atoms with van der Waals surface area (Å²) in [5, 5.41) is 2.87. The molecule has 0 spiro atoms. The van der Waals surface area contributed by atoms with Crippen molar-refractivity contribution in [3.05, 3.63) is 29.8 Å². The molecule has 1 aliphatic heterocycles. The van der Waals surface area contributed by atoms with Crippen LogP contribution in [0.3, 0.4) is 0 Å². The normalized spacial score (nSPS) is 22.1. The van der Waals surface area contributed by atoms with E-state index in [9.17, 15) is 9.59 Å². The Kier molecular flexibility index (Phi) is 5.55. The van der Waals surface area contributed by atoms with E-state index >= 15 is 0 Å². The van der Waals surface area contributed by atoms with Crippen molar-refractivity contribution in [3.63, 3.8) is 0 Å². The van der Waals surface area contributed by atoms with Gasteiger partial charge in [0.1, 0.15) is 0 Å². The first kappa shape index (κ1) is 16.5. The maximum absolute atomic E-state index is 12.1. The summed E-state index contributed by atoms with van der Waals surface area (Å²) in [5.41, 5.74) is 1.16. The van der Waals surface area contributed by atoms with Gasteiger partial charge in [-0.2, -0.15) is 0 Å². The van der Waals surface area contributed by atoms with Crippen LogP contribution in [0.5, 0.6) is 0 Å². The number of benzene rings is 1. The largest absolute Gasteiger partial charge is 0.465 e. The Morgan fingerprint density at radius 2 is 1.77 bits per heavy atom. The number of carbonyl (C=O) groups excluding carboxylic acids is 2. The molecule has 1 aromatic rings. The summed E-state index contributed by atoms with van der Waals surface area (Å²) in [6, 6.07) is 6.72. The molecule has 22 heavy (non-hydrogen) atoms. The minimum absolute atomic E-state index is 0.0212. The molecule has 5 heteroatoms. The van der Waals surface area contributed by atoms with Gasteiger partial charge in [-0.25, -0.2) is 4.79 Å². The summed E-state index contributed by atoms with van der Waals surface area (Å²) < 4.78 is 4.64. The SMILES string of the molecule is COC(=O)c1ccc(NC(=O)CN2C[C@H](C)C[C@H](C)C2)cc1. The van der Waals surface area contributed by atoms with Crippen molar-refractivity contribution in [1.29, 1.82) is 0 Å². The highest BCUT2D eigenvalue weighted by atomic mass is 16.5. The first-order chi connectivity index (χ1) is 10.5. The molecule has 1 heterocycles. The molecule has 1 aliphatic rings. The number of likely N-dealkylation sites (tertiary alicyclic amines) is 1. The van der Waals surface area contributed by atoms with Crippen molar-refractivity contribution in [2.45, 2.75) is 20.3 Å². The number of hydrogen-bond donors (Lipinski definition) is 1. The van der Waals surface area contributed by atoms with Crippen LogP contribution in [0.25, 0.3) is 0 Å². The molecule has 120 valence electrons. The highest BCUT2D eigenvalue weighted by Crippen LogP contribution is 2.20. The van der Waals surface area contributed by atoms with Crippen molar-refractivity contribution in [2.24, 2.45) is 11.8 Å². The highest BCUT2D eigenvalue weighted by Gasteiger charge is 2.23. The molecule has 0 aliphatic carbocycles. The molecule has 0 radical (unpaired) electrons. The van der Waals surface area contributed by atoms with Crippen LogP contribution in [-0.2, 0) is 9.53 Å². The second kappa shape index (κ2) is 7.40. The van der Waals surface area contributed by atoms with Crippen molar-refractivity contribution < 1.29 is 14.3 Å². The van der Waals surface area contributed by atoms with Crippen molar-refractivity contribution >= 4 is 17.6 Å². The van der Waals surface area contributed by atoms with E-state index in [1.54, 1.807) is 24.3 Å². The molecule has 0 saturated carbocycles. The van der Waals surface area contributed by atoms with E-state index in [0.29, 0.717) is 29.6 Å². The second-order valence-corrected chi connectivity index (χ2v) is 6.26. The van der Waals surface area contributed by atoms with Gasteiger partial charge in [-0.05, 0) is 42.5 Å². The number of nitrogens with zero attached hydrogens (tertiary/aromatic N) is 1. The zero-order chi connectivity index (χ0) is 16.1. The van der Waals surface area contributed by atoms with Gasteiger partial charge in [0, 0.05) is 18.8 Å². The lowest BCUT2D eigenvalue weighted by molar-refractivity contribution is -0.117. The Balaban J connectivity index is 1.87. The van der Waals surface area contributed by atoms with Gasteiger partial charge >= 0.3 is 5.97 Å². The number of hydrogen-bond acceptors (Lipinski definition) is 4. The van der Waals surface area contributed by atoms with Crippen LogP contribution >= 0.6 is 0 Å². The monoisotopic (exact) mass is 304 g/mol. The number of esters is 1. The molecule has 2 rings (SSSR count). The lowest BCUT2D eigenvalue weighted by atomic mass is 9.92. The quantitative estimate of drug-likeness (QED) is 0.868. The fourth-order valence-corrected chi connectivity index (χ4v) is 3.13. The molecule has 2 atom stereocenters. The van der Waals surface area contributed by atoms with Gasteiger partial charge in [-0.3, -0.25) is 9.69 Å². The lowest BCUT2D eigenvalue weighted by Gasteiger charge is -2.34. The lowest BCUT2D eigenvalue weighted by Crippen LogP contribution is -2.42. The minimum atomic E-state index is -0.380. The van der Waals surface area contributed by atoms with Crippen molar-refractivity contribution in [3.8, 4) is 0 Å². The van der Waals surface area contributed by atoms with Crippen LogP contribution in [0.4, 0.5) is 5.69 Å². The van der Waals surface area contributed by atoms with E-state index in [1.165, 1.54) is 13.5 Å². The third kappa shape index (κ3) is 4.56. The van der Waals surface area contributed by atoms with Gasteiger partial charge in [0.25, 0.3) is 0 Å². The number of carbonyl (C=O) groups is 2. The summed E-state index contributed by atoms with van der Waals surface area (Å²) in [7, 11) is 1.35. The molecule has 0 unspecified atom stereocenters. The number of nitrogens with one attached hydrogen (secondary N) is 1. The predicted molar refractivity (Wildman–Crippen MR) is 85.8 cm³/mol.